The highest BCUT2D eigenvalue weighted by molar-refractivity contribution is 5.82. The Morgan fingerprint density at radius 1 is 1.24 bits per heavy atom. The van der Waals surface area contributed by atoms with Crippen molar-refractivity contribution < 1.29 is 18.0 Å². The normalized spacial score (nSPS) is 30.6. The average molecular weight is 250 g/mol. The van der Waals surface area contributed by atoms with Crippen LogP contribution in [-0.2, 0) is 4.79 Å². The van der Waals surface area contributed by atoms with Crippen molar-refractivity contribution in [2.75, 3.05) is 26.2 Å². The first-order valence-electron chi connectivity index (χ1n) is 6.00. The van der Waals surface area contributed by atoms with Gasteiger partial charge in [0.1, 0.15) is 0 Å². The van der Waals surface area contributed by atoms with Crippen LogP contribution < -0.4 is 5.32 Å². The quantitative estimate of drug-likeness (QED) is 0.707. The summed E-state index contributed by atoms with van der Waals surface area (Å²) in [6.07, 6.45) is -1.25. The molecule has 0 aromatic heterocycles. The lowest BCUT2D eigenvalue weighted by Gasteiger charge is -2.45. The number of carbonyl (C=O) groups excluding carboxylic acids is 1. The van der Waals surface area contributed by atoms with Gasteiger partial charge in [-0.1, -0.05) is 0 Å². The number of hydrogen-bond donors (Lipinski definition) is 1. The second kappa shape index (κ2) is 4.48. The summed E-state index contributed by atoms with van der Waals surface area (Å²) in [4.78, 5) is 12.2. The van der Waals surface area contributed by atoms with Crippen LogP contribution >= 0.6 is 0 Å². The maximum atomic E-state index is 12.4. The van der Waals surface area contributed by atoms with Crippen molar-refractivity contribution >= 4 is 5.91 Å². The smallest absolute Gasteiger partial charge is 0.334 e. The second-order valence-electron chi connectivity index (χ2n) is 5.11. The Labute approximate surface area is 98.3 Å². The van der Waals surface area contributed by atoms with Crippen LogP contribution in [0.15, 0.2) is 0 Å². The Morgan fingerprint density at radius 3 is 2.53 bits per heavy atom. The number of likely N-dealkylation sites (tertiary alicyclic amines) is 1. The number of hydrogen-bond acceptors (Lipinski definition) is 2. The van der Waals surface area contributed by atoms with E-state index < -0.39 is 12.1 Å². The largest absolute Gasteiger partial charge is 0.471 e. The molecule has 2 aliphatic rings. The number of nitrogens with one attached hydrogen (secondary N) is 1. The highest BCUT2D eigenvalue weighted by Crippen LogP contribution is 2.37. The highest BCUT2D eigenvalue weighted by atomic mass is 19.4. The zero-order chi connectivity index (χ0) is 12.5. The highest BCUT2D eigenvalue weighted by Gasteiger charge is 2.46. The molecule has 0 aromatic rings. The maximum absolute atomic E-state index is 12.4. The molecule has 0 aromatic carbocycles. The van der Waals surface area contributed by atoms with Gasteiger partial charge in [-0.15, -0.1) is 0 Å². The third-order valence-corrected chi connectivity index (χ3v) is 3.75. The van der Waals surface area contributed by atoms with E-state index in [1.165, 1.54) is 0 Å². The first kappa shape index (κ1) is 12.7. The molecular formula is C11H17F3N2O. The van der Waals surface area contributed by atoms with Crippen molar-refractivity contribution in [3.63, 3.8) is 0 Å². The zero-order valence-corrected chi connectivity index (χ0v) is 9.65. The van der Waals surface area contributed by atoms with Crippen LogP contribution in [0.5, 0.6) is 0 Å². The van der Waals surface area contributed by atoms with Gasteiger partial charge in [0.05, 0.1) is 0 Å². The number of nitrogens with zero attached hydrogens (tertiary/aromatic N) is 1. The molecule has 1 N–H and O–H groups in total. The lowest BCUT2D eigenvalue weighted by Crippen LogP contribution is -2.54. The summed E-state index contributed by atoms with van der Waals surface area (Å²) in [5.74, 6) is -1.68. The minimum Gasteiger partial charge on any atom is -0.334 e. The van der Waals surface area contributed by atoms with Crippen LogP contribution in [0.25, 0.3) is 0 Å². The molecule has 6 heteroatoms. The van der Waals surface area contributed by atoms with Gasteiger partial charge in [-0.05, 0) is 32.2 Å². The molecule has 1 amide bonds. The van der Waals surface area contributed by atoms with Crippen LogP contribution in [0.2, 0.25) is 0 Å². The minimum atomic E-state index is -4.74. The number of rotatable bonds is 0. The van der Waals surface area contributed by atoms with Crippen LogP contribution in [0.3, 0.4) is 0 Å². The first-order chi connectivity index (χ1) is 7.93. The van der Waals surface area contributed by atoms with Crippen LogP contribution in [-0.4, -0.2) is 43.2 Å². The minimum absolute atomic E-state index is 0.128. The topological polar surface area (TPSA) is 32.3 Å². The predicted molar refractivity (Wildman–Crippen MR) is 56.4 cm³/mol. The third-order valence-electron chi connectivity index (χ3n) is 3.75. The van der Waals surface area contributed by atoms with Crippen molar-refractivity contribution in [2.45, 2.75) is 31.9 Å². The lowest BCUT2D eigenvalue weighted by molar-refractivity contribution is -0.188. The molecule has 3 nitrogen and oxygen atoms in total. The molecule has 0 aliphatic carbocycles. The van der Waals surface area contributed by atoms with E-state index in [0.29, 0.717) is 6.42 Å². The third kappa shape index (κ3) is 2.73. The molecule has 0 bridgehead atoms. The number of alkyl halides is 3. The molecule has 2 aliphatic heterocycles. The molecule has 0 saturated carbocycles. The number of piperidine rings is 2. The number of amides is 1. The predicted octanol–water partition coefficient (Wildman–Crippen LogP) is 1.54. The van der Waals surface area contributed by atoms with E-state index in [-0.39, 0.29) is 18.5 Å². The second-order valence-corrected chi connectivity index (χ2v) is 5.11. The van der Waals surface area contributed by atoms with Crippen LogP contribution in [0.4, 0.5) is 13.2 Å². The Morgan fingerprint density at radius 2 is 1.94 bits per heavy atom. The molecule has 1 spiro atoms. The van der Waals surface area contributed by atoms with Gasteiger partial charge in [-0.2, -0.15) is 13.2 Å². The fraction of sp³-hybridized carbons (Fsp3) is 0.909. The van der Waals surface area contributed by atoms with E-state index in [1.807, 2.05) is 0 Å². The summed E-state index contributed by atoms with van der Waals surface area (Å²) in [5, 5.41) is 3.22. The van der Waals surface area contributed by atoms with Crippen LogP contribution in [0, 0.1) is 5.41 Å². The van der Waals surface area contributed by atoms with E-state index in [2.05, 4.69) is 5.32 Å². The SMILES string of the molecule is O=C(N1CCCC2(CCCNC2)C1)C(F)(F)F. The van der Waals surface area contributed by atoms with E-state index in [0.717, 1.165) is 37.3 Å². The van der Waals surface area contributed by atoms with Gasteiger partial charge in [0.15, 0.2) is 0 Å². The summed E-state index contributed by atoms with van der Waals surface area (Å²) in [5.41, 5.74) is -0.128. The fourth-order valence-corrected chi connectivity index (χ4v) is 2.94. The molecule has 17 heavy (non-hydrogen) atoms. The zero-order valence-electron chi connectivity index (χ0n) is 9.65. The van der Waals surface area contributed by atoms with Gasteiger partial charge in [-0.25, -0.2) is 0 Å². The van der Waals surface area contributed by atoms with Gasteiger partial charge >= 0.3 is 12.1 Å². The standard InChI is InChI=1S/C11H17F3N2O/c12-11(13,14)9(17)16-6-2-4-10(8-16)3-1-5-15-7-10/h15H,1-8H2. The lowest BCUT2D eigenvalue weighted by atomic mass is 9.74. The Balaban J connectivity index is 2.04. The number of halogens is 3. The van der Waals surface area contributed by atoms with Crippen molar-refractivity contribution in [1.82, 2.24) is 10.2 Å². The van der Waals surface area contributed by atoms with Gasteiger partial charge in [0.2, 0.25) is 0 Å². The van der Waals surface area contributed by atoms with Crippen LogP contribution in [0.1, 0.15) is 25.7 Å². The summed E-state index contributed by atoms with van der Waals surface area (Å²) in [6, 6.07) is 0. The maximum Gasteiger partial charge on any atom is 0.471 e. The van der Waals surface area contributed by atoms with Crippen molar-refractivity contribution in [3.05, 3.63) is 0 Å². The van der Waals surface area contributed by atoms with Gasteiger partial charge < -0.3 is 10.2 Å². The average Bonchev–Trinajstić information content (AvgIpc) is 2.28. The van der Waals surface area contributed by atoms with Crippen molar-refractivity contribution in [1.29, 1.82) is 0 Å². The summed E-state index contributed by atoms with van der Waals surface area (Å²) < 4.78 is 37.1. The Bertz CT molecular complexity index is 292. The van der Waals surface area contributed by atoms with Gasteiger partial charge in [0, 0.05) is 25.0 Å². The Kier molecular flexibility index (Phi) is 3.34. The fourth-order valence-electron chi connectivity index (χ4n) is 2.94. The summed E-state index contributed by atoms with van der Waals surface area (Å²) in [6.45, 7) is 2.14. The molecular weight excluding hydrogens is 233 g/mol. The number of carbonyl (C=O) groups is 1. The molecule has 2 fully saturated rings. The van der Waals surface area contributed by atoms with Gasteiger partial charge in [0.25, 0.3) is 0 Å². The van der Waals surface area contributed by atoms with Gasteiger partial charge in [-0.3, -0.25) is 4.79 Å². The molecule has 0 radical (unpaired) electrons. The van der Waals surface area contributed by atoms with E-state index in [1.54, 1.807) is 0 Å². The summed E-state index contributed by atoms with van der Waals surface area (Å²) in [7, 11) is 0. The summed E-state index contributed by atoms with van der Waals surface area (Å²) >= 11 is 0. The molecule has 2 saturated heterocycles. The van der Waals surface area contributed by atoms with E-state index in [4.69, 9.17) is 0 Å². The first-order valence-corrected chi connectivity index (χ1v) is 6.00. The monoisotopic (exact) mass is 250 g/mol. The molecule has 2 rings (SSSR count). The van der Waals surface area contributed by atoms with Crippen molar-refractivity contribution in [2.24, 2.45) is 5.41 Å². The van der Waals surface area contributed by atoms with E-state index in [9.17, 15) is 18.0 Å². The molecule has 1 atom stereocenters. The Hall–Kier alpha value is -0.780. The molecule has 2 heterocycles. The van der Waals surface area contributed by atoms with E-state index >= 15 is 0 Å². The molecule has 98 valence electrons. The van der Waals surface area contributed by atoms with Crippen molar-refractivity contribution in [3.8, 4) is 0 Å². The molecule has 1 unspecified atom stereocenters.